The smallest absolute Gasteiger partial charge is 0.326 e. The number of hydrogen-bond donors (Lipinski definition) is 1. The fraction of sp³-hybridized carbons (Fsp3) is 0.400. The van der Waals surface area contributed by atoms with E-state index in [2.05, 4.69) is 15.1 Å². The van der Waals surface area contributed by atoms with Gasteiger partial charge in [-0.25, -0.2) is 18.6 Å². The molecule has 2 amide bonds. The van der Waals surface area contributed by atoms with Crippen LogP contribution >= 0.6 is 35.0 Å². The lowest BCUT2D eigenvalue weighted by atomic mass is 9.93. The summed E-state index contributed by atoms with van der Waals surface area (Å²) in [6, 6.07) is 10.2. The summed E-state index contributed by atoms with van der Waals surface area (Å²) >= 11 is 14.2. The molecule has 3 aliphatic heterocycles. The second-order valence-electron chi connectivity index (χ2n) is 10.8. The zero-order valence-electron chi connectivity index (χ0n) is 22.5. The van der Waals surface area contributed by atoms with E-state index < -0.39 is 11.6 Å². The third-order valence-electron chi connectivity index (χ3n) is 8.14. The number of likely N-dealkylation sites (tertiary alicyclic amines) is 1. The highest BCUT2D eigenvalue weighted by Gasteiger charge is 2.33. The number of carbonyl (C=O) groups excluding carboxylic acids is 1. The monoisotopic (exact) mass is 617 g/mol. The van der Waals surface area contributed by atoms with Crippen LogP contribution in [0.5, 0.6) is 0 Å². The van der Waals surface area contributed by atoms with Gasteiger partial charge in [0, 0.05) is 24.1 Å². The summed E-state index contributed by atoms with van der Waals surface area (Å²) in [5, 5.41) is 4.13. The van der Waals surface area contributed by atoms with Gasteiger partial charge in [0.15, 0.2) is 0 Å². The second-order valence-corrected chi connectivity index (χ2v) is 12.6. The Labute approximate surface area is 253 Å². The highest BCUT2D eigenvalue weighted by atomic mass is 35.5. The fourth-order valence-corrected chi connectivity index (χ4v) is 7.42. The quantitative estimate of drug-likeness (QED) is 0.292. The molecule has 6 nitrogen and oxygen atoms in total. The maximum atomic E-state index is 14.7. The summed E-state index contributed by atoms with van der Waals surface area (Å²) in [5.74, 6) is -0.623. The molecule has 41 heavy (non-hydrogen) atoms. The van der Waals surface area contributed by atoms with Gasteiger partial charge >= 0.3 is 6.03 Å². The Balaban J connectivity index is 1.34. The van der Waals surface area contributed by atoms with Crippen LogP contribution in [0.3, 0.4) is 0 Å². The van der Waals surface area contributed by atoms with Gasteiger partial charge in [0.2, 0.25) is 0 Å². The number of halogens is 4. The van der Waals surface area contributed by atoms with Gasteiger partial charge in [0.05, 0.1) is 39.3 Å². The highest BCUT2D eigenvalue weighted by molar-refractivity contribution is 7.99. The number of amides is 2. The largest absolute Gasteiger partial charge is 0.369 e. The van der Waals surface area contributed by atoms with Gasteiger partial charge in [-0.05, 0) is 88.0 Å². The summed E-state index contributed by atoms with van der Waals surface area (Å²) in [6.45, 7) is 5.41. The van der Waals surface area contributed by atoms with Crippen molar-refractivity contribution in [1.29, 1.82) is 0 Å². The zero-order valence-corrected chi connectivity index (χ0v) is 24.8. The first kappa shape index (κ1) is 28.5. The highest BCUT2D eigenvalue weighted by Crippen LogP contribution is 2.45. The van der Waals surface area contributed by atoms with Crippen molar-refractivity contribution in [3.63, 3.8) is 0 Å². The maximum absolute atomic E-state index is 14.7. The summed E-state index contributed by atoms with van der Waals surface area (Å²) in [6.07, 6.45) is 5.87. The minimum Gasteiger partial charge on any atom is -0.369 e. The van der Waals surface area contributed by atoms with Crippen LogP contribution in [0.1, 0.15) is 37.8 Å². The predicted molar refractivity (Wildman–Crippen MR) is 161 cm³/mol. The van der Waals surface area contributed by atoms with Gasteiger partial charge in [-0.2, -0.15) is 0 Å². The van der Waals surface area contributed by atoms with E-state index in [-0.39, 0.29) is 17.5 Å². The average molecular weight is 619 g/mol. The molecule has 0 aliphatic carbocycles. The van der Waals surface area contributed by atoms with E-state index >= 15 is 0 Å². The number of nitrogens with zero attached hydrogens (tertiary/aromatic N) is 4. The number of nitrogens with one attached hydrogen (secondary N) is 1. The Bertz CT molecular complexity index is 1430. The van der Waals surface area contributed by atoms with Crippen molar-refractivity contribution in [2.24, 2.45) is 5.92 Å². The average Bonchev–Trinajstić information content (AvgIpc) is 3.48. The molecule has 0 saturated carbocycles. The zero-order chi connectivity index (χ0) is 28.5. The molecule has 2 fully saturated rings. The lowest BCUT2D eigenvalue weighted by Crippen LogP contribution is -2.42. The van der Waals surface area contributed by atoms with Gasteiger partial charge in [0.25, 0.3) is 0 Å². The van der Waals surface area contributed by atoms with Crippen molar-refractivity contribution in [3.05, 3.63) is 69.8 Å². The number of fused-ring (bicyclic) bond motifs is 1. The molecule has 1 aromatic heterocycles. The van der Waals surface area contributed by atoms with E-state index in [1.807, 2.05) is 6.07 Å². The molecule has 2 aromatic carbocycles. The van der Waals surface area contributed by atoms with E-state index in [0.29, 0.717) is 38.1 Å². The second kappa shape index (κ2) is 12.3. The van der Waals surface area contributed by atoms with Crippen LogP contribution in [0.25, 0.3) is 0 Å². The topological polar surface area (TPSA) is 51.7 Å². The van der Waals surface area contributed by atoms with Crippen molar-refractivity contribution >= 4 is 58.1 Å². The first-order valence-corrected chi connectivity index (χ1v) is 15.6. The molecular formula is C30H31Cl2F2N5OS. The Morgan fingerprint density at radius 2 is 1.71 bits per heavy atom. The molecule has 2 saturated heterocycles. The first-order chi connectivity index (χ1) is 19.9. The number of hydrogen-bond acceptors (Lipinski definition) is 5. The molecular weight excluding hydrogens is 587 g/mol. The summed E-state index contributed by atoms with van der Waals surface area (Å²) < 4.78 is 28.4. The number of benzene rings is 2. The predicted octanol–water partition coefficient (Wildman–Crippen LogP) is 7.88. The minimum absolute atomic E-state index is 0.199. The van der Waals surface area contributed by atoms with Gasteiger partial charge in [0.1, 0.15) is 16.7 Å². The van der Waals surface area contributed by atoms with Crippen molar-refractivity contribution in [2.75, 3.05) is 42.5 Å². The molecule has 3 aliphatic rings. The Morgan fingerprint density at radius 1 is 0.976 bits per heavy atom. The van der Waals surface area contributed by atoms with Gasteiger partial charge in [-0.1, -0.05) is 41.0 Å². The van der Waals surface area contributed by atoms with Crippen LogP contribution < -0.4 is 15.1 Å². The summed E-state index contributed by atoms with van der Waals surface area (Å²) in [7, 11) is 0. The van der Waals surface area contributed by atoms with E-state index in [0.717, 1.165) is 56.0 Å². The van der Waals surface area contributed by atoms with Crippen molar-refractivity contribution in [1.82, 2.24) is 15.2 Å². The molecule has 0 bridgehead atoms. The van der Waals surface area contributed by atoms with E-state index in [9.17, 15) is 13.6 Å². The normalized spacial score (nSPS) is 18.1. The lowest BCUT2D eigenvalue weighted by molar-refractivity contribution is 0.246. The number of pyridine rings is 1. The van der Waals surface area contributed by atoms with Gasteiger partial charge in [-0.15, -0.1) is 0 Å². The van der Waals surface area contributed by atoms with Crippen molar-refractivity contribution < 1.29 is 13.6 Å². The van der Waals surface area contributed by atoms with Crippen LogP contribution in [-0.4, -0.2) is 48.6 Å². The van der Waals surface area contributed by atoms with Crippen LogP contribution in [-0.2, 0) is 6.54 Å². The Hall–Kier alpha value is -2.59. The molecule has 1 N–H and O–H groups in total. The number of piperidine rings is 1. The Morgan fingerprint density at radius 3 is 2.41 bits per heavy atom. The Kier molecular flexibility index (Phi) is 8.58. The van der Waals surface area contributed by atoms with Gasteiger partial charge < -0.3 is 15.1 Å². The standard InChI is InChI=1S/C30H31Cl2F2N5OS/c31-21-4-3-5-22(32)28(21)39-25-17-26(38-14-9-19(10-15-38)8-13-37-11-1-2-12-37)29(36-24(25)18-35-30(39)40)41-27-7-6-20(33)16-23(27)34/h3-7,16-17,19H,1-2,8-15,18H2,(H,35,40). The first-order valence-electron chi connectivity index (χ1n) is 14.0. The molecule has 3 aromatic rings. The van der Waals surface area contributed by atoms with E-state index in [1.165, 1.54) is 49.4 Å². The lowest BCUT2D eigenvalue weighted by Gasteiger charge is -2.37. The van der Waals surface area contributed by atoms with E-state index in [4.69, 9.17) is 28.2 Å². The molecule has 0 unspecified atom stereocenters. The van der Waals surface area contributed by atoms with Crippen LogP contribution in [0.4, 0.5) is 30.6 Å². The third kappa shape index (κ3) is 6.14. The van der Waals surface area contributed by atoms with Crippen LogP contribution in [0.15, 0.2) is 52.4 Å². The van der Waals surface area contributed by atoms with Crippen molar-refractivity contribution in [3.8, 4) is 0 Å². The number of carbonyl (C=O) groups is 1. The summed E-state index contributed by atoms with van der Waals surface area (Å²) in [5.41, 5.74) is 2.37. The molecule has 0 atom stereocenters. The SMILES string of the molecule is O=C1NCc2nc(Sc3ccc(F)cc3F)c(N3CCC(CCN4CCCC4)CC3)cc2N1c1c(Cl)cccc1Cl. The molecule has 6 rings (SSSR count). The third-order valence-corrected chi connectivity index (χ3v) is 9.80. The minimum atomic E-state index is -0.640. The van der Waals surface area contributed by atoms with E-state index in [1.54, 1.807) is 18.2 Å². The fourth-order valence-electron chi connectivity index (χ4n) is 5.91. The van der Waals surface area contributed by atoms with Gasteiger partial charge in [-0.3, -0.25) is 4.90 Å². The number of para-hydroxylation sites is 1. The number of aromatic nitrogens is 1. The van der Waals surface area contributed by atoms with Crippen LogP contribution in [0, 0.1) is 17.6 Å². The van der Waals surface area contributed by atoms with Crippen LogP contribution in [0.2, 0.25) is 10.0 Å². The number of urea groups is 1. The molecule has 216 valence electrons. The molecule has 4 heterocycles. The molecule has 0 radical (unpaired) electrons. The maximum Gasteiger partial charge on any atom is 0.326 e. The van der Waals surface area contributed by atoms with Crippen molar-refractivity contribution in [2.45, 2.75) is 48.6 Å². The molecule has 0 spiro atoms. The molecule has 11 heteroatoms. The number of anilines is 3. The summed E-state index contributed by atoms with van der Waals surface area (Å²) in [4.78, 5) is 24.7. The number of rotatable bonds is 7.